The number of hydrogen-bond acceptors (Lipinski definition) is 2. The van der Waals surface area contributed by atoms with Gasteiger partial charge in [-0.2, -0.15) is 5.26 Å². The lowest BCUT2D eigenvalue weighted by atomic mass is 9.76. The van der Waals surface area contributed by atoms with Crippen molar-refractivity contribution < 1.29 is 4.79 Å². The van der Waals surface area contributed by atoms with E-state index in [1.807, 2.05) is 0 Å². The molecule has 0 aromatic heterocycles. The van der Waals surface area contributed by atoms with E-state index in [-0.39, 0.29) is 5.91 Å². The van der Waals surface area contributed by atoms with Gasteiger partial charge in [0.25, 0.3) is 0 Å². The molecule has 3 fully saturated rings. The summed E-state index contributed by atoms with van der Waals surface area (Å²) in [5.74, 6) is 3.14. The summed E-state index contributed by atoms with van der Waals surface area (Å²) in [6, 6.07) is 2.42. The topological polar surface area (TPSA) is 52.9 Å². The average molecular weight is 288 g/mol. The summed E-state index contributed by atoms with van der Waals surface area (Å²) in [5, 5.41) is 12.7. The van der Waals surface area contributed by atoms with Gasteiger partial charge in [-0.25, -0.2) is 0 Å². The average Bonchev–Trinajstić information content (AvgIpc) is 3.10. The molecule has 0 radical (unpaired) electrons. The predicted molar refractivity (Wildman–Crippen MR) is 82.3 cm³/mol. The van der Waals surface area contributed by atoms with Crippen molar-refractivity contribution in [3.63, 3.8) is 0 Å². The number of fused-ring (bicyclic) bond motifs is 2. The van der Waals surface area contributed by atoms with E-state index in [1.54, 1.807) is 0 Å². The molecule has 21 heavy (non-hydrogen) atoms. The molecule has 3 heteroatoms. The summed E-state index contributed by atoms with van der Waals surface area (Å²) in [7, 11) is 0. The molecule has 0 aliphatic heterocycles. The quantitative estimate of drug-likeness (QED) is 0.855. The molecule has 3 saturated carbocycles. The zero-order valence-corrected chi connectivity index (χ0v) is 13.2. The summed E-state index contributed by atoms with van der Waals surface area (Å²) in [4.78, 5) is 12.4. The fourth-order valence-corrected chi connectivity index (χ4v) is 5.03. The highest BCUT2D eigenvalue weighted by molar-refractivity contribution is 5.77. The molecule has 1 amide bonds. The third kappa shape index (κ3) is 3.10. The SMILES string of the molecule is CCC1CCC(C#N)(NC(=O)CC2CC3CCC2C3)CC1. The van der Waals surface area contributed by atoms with Gasteiger partial charge in [-0.15, -0.1) is 0 Å². The van der Waals surface area contributed by atoms with E-state index in [1.165, 1.54) is 32.1 Å². The van der Waals surface area contributed by atoms with Crippen LogP contribution in [0, 0.1) is 35.0 Å². The first-order valence-corrected chi connectivity index (χ1v) is 8.86. The Balaban J connectivity index is 1.52. The van der Waals surface area contributed by atoms with Gasteiger partial charge in [-0.1, -0.05) is 19.8 Å². The van der Waals surface area contributed by atoms with Crippen LogP contribution in [-0.2, 0) is 4.79 Å². The normalized spacial score (nSPS) is 41.7. The lowest BCUT2D eigenvalue weighted by molar-refractivity contribution is -0.124. The van der Waals surface area contributed by atoms with Crippen molar-refractivity contribution in [2.24, 2.45) is 23.7 Å². The van der Waals surface area contributed by atoms with Crippen LogP contribution in [0.25, 0.3) is 0 Å². The van der Waals surface area contributed by atoms with E-state index in [2.05, 4.69) is 18.3 Å². The highest BCUT2D eigenvalue weighted by atomic mass is 16.1. The van der Waals surface area contributed by atoms with Crippen molar-refractivity contribution in [2.75, 3.05) is 0 Å². The van der Waals surface area contributed by atoms with Gasteiger partial charge < -0.3 is 5.32 Å². The van der Waals surface area contributed by atoms with Crippen LogP contribution in [-0.4, -0.2) is 11.4 Å². The van der Waals surface area contributed by atoms with E-state index in [0.29, 0.717) is 12.3 Å². The van der Waals surface area contributed by atoms with Crippen molar-refractivity contribution >= 4 is 5.91 Å². The number of amides is 1. The molecule has 0 heterocycles. The van der Waals surface area contributed by atoms with Crippen molar-refractivity contribution in [1.29, 1.82) is 5.26 Å². The fraction of sp³-hybridized carbons (Fsp3) is 0.889. The van der Waals surface area contributed by atoms with Gasteiger partial charge in [-0.05, 0) is 68.6 Å². The minimum atomic E-state index is -0.569. The third-order valence-electron chi connectivity index (χ3n) is 6.46. The highest BCUT2D eigenvalue weighted by Gasteiger charge is 2.42. The lowest BCUT2D eigenvalue weighted by Gasteiger charge is -2.35. The highest BCUT2D eigenvalue weighted by Crippen LogP contribution is 2.49. The van der Waals surface area contributed by atoms with Gasteiger partial charge in [0, 0.05) is 6.42 Å². The summed E-state index contributed by atoms with van der Waals surface area (Å²) in [6.07, 6.45) is 11.0. The van der Waals surface area contributed by atoms with Crippen molar-refractivity contribution in [2.45, 2.75) is 76.7 Å². The molecule has 3 aliphatic rings. The number of nitrogens with one attached hydrogen (secondary N) is 1. The second-order valence-corrected chi connectivity index (χ2v) is 7.73. The van der Waals surface area contributed by atoms with E-state index < -0.39 is 5.54 Å². The summed E-state index contributed by atoms with van der Waals surface area (Å²) < 4.78 is 0. The van der Waals surface area contributed by atoms with Gasteiger partial charge in [0.15, 0.2) is 0 Å². The van der Waals surface area contributed by atoms with Gasteiger partial charge in [-0.3, -0.25) is 4.79 Å². The van der Waals surface area contributed by atoms with Crippen LogP contribution in [0.4, 0.5) is 0 Å². The Kier molecular flexibility index (Phi) is 4.24. The Bertz CT molecular complexity index is 431. The molecule has 116 valence electrons. The van der Waals surface area contributed by atoms with Gasteiger partial charge in [0.05, 0.1) is 6.07 Å². The van der Waals surface area contributed by atoms with Gasteiger partial charge >= 0.3 is 0 Å². The summed E-state index contributed by atoms with van der Waals surface area (Å²) >= 11 is 0. The van der Waals surface area contributed by atoms with Crippen molar-refractivity contribution in [3.05, 3.63) is 0 Å². The molecule has 1 N–H and O–H groups in total. The number of hydrogen-bond donors (Lipinski definition) is 1. The standard InChI is InChI=1S/C18H28N2O/c1-2-13-5-7-18(12-19,8-6-13)20-17(21)11-16-10-14-3-4-15(16)9-14/h13-16H,2-11H2,1H3,(H,20,21). The molecule has 0 saturated heterocycles. The zero-order chi connectivity index (χ0) is 14.9. The monoisotopic (exact) mass is 288 g/mol. The van der Waals surface area contributed by atoms with Crippen LogP contribution in [0.15, 0.2) is 0 Å². The molecule has 3 unspecified atom stereocenters. The molecule has 0 aromatic carbocycles. The smallest absolute Gasteiger partial charge is 0.221 e. The van der Waals surface area contributed by atoms with Crippen LogP contribution in [0.2, 0.25) is 0 Å². The molecule has 3 aliphatic carbocycles. The maximum atomic E-state index is 12.4. The first-order chi connectivity index (χ1) is 10.1. The van der Waals surface area contributed by atoms with Gasteiger partial charge in [0.2, 0.25) is 5.91 Å². The Labute approximate surface area is 128 Å². The molecular formula is C18H28N2O. The number of nitriles is 1. The van der Waals surface area contributed by atoms with E-state index >= 15 is 0 Å². The Morgan fingerprint density at radius 3 is 2.52 bits per heavy atom. The van der Waals surface area contributed by atoms with E-state index in [0.717, 1.165) is 43.4 Å². The fourth-order valence-electron chi connectivity index (χ4n) is 5.03. The molecule has 3 atom stereocenters. The number of carbonyl (C=O) groups is 1. The first kappa shape index (κ1) is 14.9. The maximum Gasteiger partial charge on any atom is 0.221 e. The predicted octanol–water partition coefficient (Wildman–Crippen LogP) is 3.79. The Hall–Kier alpha value is -1.04. The van der Waals surface area contributed by atoms with Crippen LogP contribution in [0.1, 0.15) is 71.1 Å². The maximum absolute atomic E-state index is 12.4. The van der Waals surface area contributed by atoms with Crippen LogP contribution >= 0.6 is 0 Å². The first-order valence-electron chi connectivity index (χ1n) is 8.86. The van der Waals surface area contributed by atoms with Crippen molar-refractivity contribution in [1.82, 2.24) is 5.32 Å². The lowest BCUT2D eigenvalue weighted by Crippen LogP contribution is -2.50. The molecule has 0 spiro atoms. The van der Waals surface area contributed by atoms with Crippen LogP contribution in [0.5, 0.6) is 0 Å². The van der Waals surface area contributed by atoms with Crippen LogP contribution in [0.3, 0.4) is 0 Å². The van der Waals surface area contributed by atoms with Crippen LogP contribution < -0.4 is 5.32 Å². The largest absolute Gasteiger partial charge is 0.338 e. The van der Waals surface area contributed by atoms with Gasteiger partial charge in [0.1, 0.15) is 5.54 Å². The molecular weight excluding hydrogens is 260 g/mol. The molecule has 3 rings (SSSR count). The number of carbonyl (C=O) groups excluding carboxylic acids is 1. The van der Waals surface area contributed by atoms with E-state index in [4.69, 9.17) is 0 Å². The molecule has 0 aromatic rings. The summed E-state index contributed by atoms with van der Waals surface area (Å²) in [5.41, 5.74) is -0.569. The third-order valence-corrected chi connectivity index (χ3v) is 6.46. The number of rotatable bonds is 4. The summed E-state index contributed by atoms with van der Waals surface area (Å²) in [6.45, 7) is 2.22. The Morgan fingerprint density at radius 2 is 2.00 bits per heavy atom. The minimum absolute atomic E-state index is 0.129. The van der Waals surface area contributed by atoms with E-state index in [9.17, 15) is 10.1 Å². The second kappa shape index (κ2) is 5.99. The molecule has 2 bridgehead atoms. The number of nitrogens with zero attached hydrogens (tertiary/aromatic N) is 1. The minimum Gasteiger partial charge on any atom is -0.338 e. The Morgan fingerprint density at radius 1 is 1.24 bits per heavy atom. The van der Waals surface area contributed by atoms with Crippen molar-refractivity contribution in [3.8, 4) is 6.07 Å². The second-order valence-electron chi connectivity index (χ2n) is 7.73. The zero-order valence-electron chi connectivity index (χ0n) is 13.2. The molecule has 3 nitrogen and oxygen atoms in total.